The number of carbonyl (C=O) groups excluding carboxylic acids is 3. The molecule has 168 valence electrons. The number of carbonyl (C=O) groups is 3. The first kappa shape index (κ1) is 22.1. The molecule has 2 aliphatic heterocycles. The van der Waals surface area contributed by atoms with Crippen LogP contribution in [0.3, 0.4) is 0 Å². The number of nitrogens with zero attached hydrogens (tertiary/aromatic N) is 2. The number of urea groups is 1. The van der Waals surface area contributed by atoms with E-state index in [9.17, 15) is 14.4 Å². The van der Waals surface area contributed by atoms with Gasteiger partial charge in [-0.2, -0.15) is 0 Å². The number of hydrogen-bond donors (Lipinski definition) is 2. The number of hydrogen-bond acceptors (Lipinski definition) is 4. The minimum atomic E-state index is -1.20. The van der Waals surface area contributed by atoms with Crippen LogP contribution in [-0.4, -0.2) is 42.4 Å². The second kappa shape index (κ2) is 9.20. The van der Waals surface area contributed by atoms with Gasteiger partial charge in [0.25, 0.3) is 5.91 Å². The van der Waals surface area contributed by atoms with Crippen molar-refractivity contribution in [3.63, 3.8) is 0 Å². The van der Waals surface area contributed by atoms with Crippen molar-refractivity contribution in [3.05, 3.63) is 59.1 Å². The second-order valence-corrected chi connectivity index (χ2v) is 8.67. The summed E-state index contributed by atoms with van der Waals surface area (Å²) >= 11 is 5.96. The average molecular weight is 455 g/mol. The van der Waals surface area contributed by atoms with Gasteiger partial charge < -0.3 is 15.5 Å². The Morgan fingerprint density at radius 3 is 2.31 bits per heavy atom. The number of imide groups is 1. The Bertz CT molecular complexity index is 1000. The van der Waals surface area contributed by atoms with Gasteiger partial charge in [-0.15, -0.1) is 0 Å². The number of anilines is 2. The maximum absolute atomic E-state index is 13.2. The summed E-state index contributed by atoms with van der Waals surface area (Å²) in [5.41, 5.74) is 1.20. The van der Waals surface area contributed by atoms with Crippen LogP contribution in [0, 0.1) is 0 Å². The molecule has 1 unspecified atom stereocenters. The van der Waals surface area contributed by atoms with E-state index in [0.29, 0.717) is 22.7 Å². The van der Waals surface area contributed by atoms with Gasteiger partial charge in [0.2, 0.25) is 5.91 Å². The normalized spacial score (nSPS) is 20.9. The van der Waals surface area contributed by atoms with Gasteiger partial charge in [-0.1, -0.05) is 30.7 Å². The molecule has 2 fully saturated rings. The Morgan fingerprint density at radius 2 is 1.69 bits per heavy atom. The Morgan fingerprint density at radius 1 is 1.03 bits per heavy atom. The van der Waals surface area contributed by atoms with Crippen molar-refractivity contribution < 1.29 is 14.4 Å². The van der Waals surface area contributed by atoms with Crippen LogP contribution >= 0.6 is 11.6 Å². The van der Waals surface area contributed by atoms with Crippen LogP contribution in [0.2, 0.25) is 5.02 Å². The maximum atomic E-state index is 13.2. The van der Waals surface area contributed by atoms with E-state index in [1.165, 1.54) is 19.3 Å². The zero-order valence-electron chi connectivity index (χ0n) is 18.1. The zero-order valence-corrected chi connectivity index (χ0v) is 18.8. The minimum absolute atomic E-state index is 0.353. The van der Waals surface area contributed by atoms with E-state index in [0.717, 1.165) is 23.7 Å². The third-order valence-electron chi connectivity index (χ3n) is 6.22. The summed E-state index contributed by atoms with van der Waals surface area (Å²) < 4.78 is 0. The molecular weight excluding hydrogens is 428 g/mol. The van der Waals surface area contributed by atoms with E-state index < -0.39 is 23.4 Å². The van der Waals surface area contributed by atoms with E-state index in [4.69, 9.17) is 11.6 Å². The first-order valence-corrected chi connectivity index (χ1v) is 11.4. The Kier molecular flexibility index (Phi) is 6.37. The highest BCUT2D eigenvalue weighted by Gasteiger charge is 2.51. The summed E-state index contributed by atoms with van der Waals surface area (Å²) in [6.07, 6.45) is 4.01. The van der Waals surface area contributed by atoms with Crippen molar-refractivity contribution >= 4 is 40.8 Å². The predicted octanol–water partition coefficient (Wildman–Crippen LogP) is 4.13. The fourth-order valence-corrected chi connectivity index (χ4v) is 4.52. The lowest BCUT2D eigenvalue weighted by atomic mass is 9.87. The molecule has 1 atom stereocenters. The number of benzene rings is 2. The van der Waals surface area contributed by atoms with Crippen LogP contribution in [0.4, 0.5) is 16.2 Å². The number of halogens is 1. The molecule has 2 N–H and O–H groups in total. The van der Waals surface area contributed by atoms with Crippen molar-refractivity contribution in [1.29, 1.82) is 0 Å². The molecule has 2 aromatic carbocycles. The molecule has 4 amide bonds. The summed E-state index contributed by atoms with van der Waals surface area (Å²) in [4.78, 5) is 41.7. The lowest BCUT2D eigenvalue weighted by molar-refractivity contribution is -0.134. The monoisotopic (exact) mass is 454 g/mol. The predicted molar refractivity (Wildman–Crippen MR) is 125 cm³/mol. The van der Waals surface area contributed by atoms with Crippen LogP contribution in [0.1, 0.15) is 38.2 Å². The van der Waals surface area contributed by atoms with Gasteiger partial charge in [0.1, 0.15) is 12.1 Å². The minimum Gasteiger partial charge on any atom is -0.372 e. The zero-order chi connectivity index (χ0) is 22.7. The van der Waals surface area contributed by atoms with Crippen LogP contribution < -0.4 is 15.5 Å². The molecule has 32 heavy (non-hydrogen) atoms. The first-order valence-electron chi connectivity index (χ1n) is 11.0. The topological polar surface area (TPSA) is 81.8 Å². The third kappa shape index (κ3) is 4.30. The smallest absolute Gasteiger partial charge is 0.325 e. The molecule has 4 rings (SSSR count). The van der Waals surface area contributed by atoms with Crippen LogP contribution in [-0.2, 0) is 15.1 Å². The second-order valence-electron chi connectivity index (χ2n) is 8.23. The lowest BCUT2D eigenvalue weighted by Gasteiger charge is -2.28. The summed E-state index contributed by atoms with van der Waals surface area (Å²) in [5, 5.41) is 6.10. The van der Waals surface area contributed by atoms with Crippen LogP contribution in [0.15, 0.2) is 48.5 Å². The summed E-state index contributed by atoms with van der Waals surface area (Å²) in [6.45, 7) is 3.56. The molecule has 2 heterocycles. The molecule has 0 aliphatic carbocycles. The molecule has 0 bridgehead atoms. The molecule has 7 nitrogen and oxygen atoms in total. The standard InChI is InChI=1S/C24H27ClN4O3/c1-2-24(17-6-8-18(25)9-7-17)22(31)29(23(32)27-24)16-21(30)26-19-10-12-20(13-11-19)28-14-4-3-5-15-28/h6-13H,2-5,14-16H2,1H3,(H,26,30)(H,27,32). The Labute approximate surface area is 192 Å². The van der Waals surface area contributed by atoms with Crippen LogP contribution in [0.25, 0.3) is 0 Å². The van der Waals surface area contributed by atoms with E-state index in [-0.39, 0.29) is 6.54 Å². The van der Waals surface area contributed by atoms with Gasteiger partial charge in [-0.05, 0) is 67.6 Å². The number of rotatable bonds is 6. The van der Waals surface area contributed by atoms with E-state index >= 15 is 0 Å². The van der Waals surface area contributed by atoms with Crippen molar-refractivity contribution in [2.75, 3.05) is 29.9 Å². The Hall–Kier alpha value is -3.06. The fourth-order valence-electron chi connectivity index (χ4n) is 4.40. The molecule has 0 radical (unpaired) electrons. The van der Waals surface area contributed by atoms with Crippen molar-refractivity contribution in [1.82, 2.24) is 10.2 Å². The van der Waals surface area contributed by atoms with E-state index in [1.54, 1.807) is 24.3 Å². The highest BCUT2D eigenvalue weighted by atomic mass is 35.5. The van der Waals surface area contributed by atoms with Crippen molar-refractivity contribution in [3.8, 4) is 0 Å². The quantitative estimate of drug-likeness (QED) is 0.643. The highest BCUT2D eigenvalue weighted by molar-refractivity contribution is 6.30. The molecular formula is C24H27ClN4O3. The molecule has 8 heteroatoms. The summed E-state index contributed by atoms with van der Waals surface area (Å²) in [6, 6.07) is 13.9. The average Bonchev–Trinajstić information content (AvgIpc) is 3.05. The third-order valence-corrected chi connectivity index (χ3v) is 6.47. The van der Waals surface area contributed by atoms with Gasteiger partial charge >= 0.3 is 6.03 Å². The molecule has 2 aromatic rings. The van der Waals surface area contributed by atoms with Crippen molar-refractivity contribution in [2.45, 2.75) is 38.1 Å². The number of amides is 4. The van der Waals surface area contributed by atoms with E-state index in [2.05, 4.69) is 15.5 Å². The van der Waals surface area contributed by atoms with Crippen molar-refractivity contribution in [2.24, 2.45) is 0 Å². The number of piperidine rings is 1. The highest BCUT2D eigenvalue weighted by Crippen LogP contribution is 2.33. The van der Waals surface area contributed by atoms with Gasteiger partial charge in [-0.3, -0.25) is 14.5 Å². The molecule has 0 spiro atoms. The van der Waals surface area contributed by atoms with Crippen LogP contribution in [0.5, 0.6) is 0 Å². The number of nitrogens with one attached hydrogen (secondary N) is 2. The molecule has 2 aliphatic rings. The largest absolute Gasteiger partial charge is 0.372 e. The summed E-state index contributed by atoms with van der Waals surface area (Å²) in [5.74, 6) is -0.870. The molecule has 0 saturated carbocycles. The molecule has 0 aromatic heterocycles. The maximum Gasteiger partial charge on any atom is 0.325 e. The molecule has 2 saturated heterocycles. The lowest BCUT2D eigenvalue weighted by Crippen LogP contribution is -2.44. The van der Waals surface area contributed by atoms with E-state index in [1.807, 2.05) is 31.2 Å². The fraction of sp³-hybridized carbons (Fsp3) is 0.375. The Balaban J connectivity index is 1.42. The van der Waals surface area contributed by atoms with Gasteiger partial charge in [-0.25, -0.2) is 4.79 Å². The van der Waals surface area contributed by atoms with Gasteiger partial charge in [0.15, 0.2) is 0 Å². The van der Waals surface area contributed by atoms with Gasteiger partial charge in [0.05, 0.1) is 0 Å². The summed E-state index contributed by atoms with van der Waals surface area (Å²) in [7, 11) is 0. The first-order chi connectivity index (χ1) is 15.4. The SMILES string of the molecule is CCC1(c2ccc(Cl)cc2)NC(=O)N(CC(=O)Nc2ccc(N3CCCCC3)cc2)C1=O. The van der Waals surface area contributed by atoms with Gasteiger partial charge in [0, 0.05) is 29.5 Å².